The Bertz CT molecular complexity index is 1190. The molecule has 34 heavy (non-hydrogen) atoms. The van der Waals surface area contributed by atoms with Gasteiger partial charge in [-0.05, 0) is 73.2 Å². The number of anilines is 1. The van der Waals surface area contributed by atoms with Gasteiger partial charge in [0.05, 0.1) is 12.0 Å². The van der Waals surface area contributed by atoms with Crippen LogP contribution in [-0.2, 0) is 27.7 Å². The lowest BCUT2D eigenvalue weighted by Gasteiger charge is -2.19. The Morgan fingerprint density at radius 3 is 2.29 bits per heavy atom. The molecule has 6 nitrogen and oxygen atoms in total. The molecule has 7 heteroatoms. The highest BCUT2D eigenvalue weighted by Crippen LogP contribution is 2.22. The Labute approximate surface area is 202 Å². The molecule has 1 atom stereocenters. The fraction of sp³-hybridized carbons (Fsp3) is 0.296. The zero-order valence-corrected chi connectivity index (χ0v) is 20.7. The summed E-state index contributed by atoms with van der Waals surface area (Å²) in [5, 5.41) is 2.86. The van der Waals surface area contributed by atoms with Crippen LogP contribution in [0.15, 0.2) is 77.7 Å². The van der Waals surface area contributed by atoms with Crippen LogP contribution in [0.25, 0.3) is 0 Å². The molecule has 0 unspecified atom stereocenters. The number of nitrogens with one attached hydrogen (secondary N) is 2. The van der Waals surface area contributed by atoms with Gasteiger partial charge in [-0.1, -0.05) is 55.8 Å². The Morgan fingerprint density at radius 2 is 1.68 bits per heavy atom. The third kappa shape index (κ3) is 6.92. The van der Waals surface area contributed by atoms with Crippen LogP contribution in [0.4, 0.5) is 5.69 Å². The van der Waals surface area contributed by atoms with Crippen LogP contribution in [0.1, 0.15) is 36.5 Å². The number of carbonyl (C=O) groups is 1. The van der Waals surface area contributed by atoms with Crippen molar-refractivity contribution in [3.05, 3.63) is 89.5 Å². The number of hydrogen-bond acceptors (Lipinski definition) is 4. The Morgan fingerprint density at radius 1 is 0.971 bits per heavy atom. The number of benzene rings is 3. The Hall–Kier alpha value is -3.16. The molecule has 0 radical (unpaired) electrons. The van der Waals surface area contributed by atoms with Crippen molar-refractivity contribution in [1.82, 2.24) is 4.72 Å². The summed E-state index contributed by atoms with van der Waals surface area (Å²) in [7, 11) is -2.41. The molecule has 3 aromatic rings. The molecule has 0 saturated heterocycles. The average molecular weight is 481 g/mol. The van der Waals surface area contributed by atoms with Gasteiger partial charge in [-0.15, -0.1) is 0 Å². The van der Waals surface area contributed by atoms with Crippen LogP contribution >= 0.6 is 0 Å². The van der Waals surface area contributed by atoms with E-state index < -0.39 is 22.0 Å². The number of aryl methyl sites for hydroxylation is 2. The highest BCUT2D eigenvalue weighted by atomic mass is 32.2. The van der Waals surface area contributed by atoms with Gasteiger partial charge in [-0.2, -0.15) is 4.72 Å². The van der Waals surface area contributed by atoms with Crippen molar-refractivity contribution in [2.45, 2.75) is 50.5 Å². The second-order valence-electron chi connectivity index (χ2n) is 8.28. The molecule has 3 aromatic carbocycles. The van der Waals surface area contributed by atoms with Crippen LogP contribution in [-0.4, -0.2) is 27.5 Å². The summed E-state index contributed by atoms with van der Waals surface area (Å²) in [5.74, 6) is 0.180. The summed E-state index contributed by atoms with van der Waals surface area (Å²) in [6, 6.07) is 20.6. The normalized spacial score (nSPS) is 12.2. The largest absolute Gasteiger partial charge is 0.496 e. The molecule has 0 spiro atoms. The van der Waals surface area contributed by atoms with Crippen LogP contribution in [0.5, 0.6) is 5.75 Å². The van der Waals surface area contributed by atoms with Gasteiger partial charge in [0.15, 0.2) is 0 Å². The van der Waals surface area contributed by atoms with Crippen molar-refractivity contribution >= 4 is 21.6 Å². The Kier molecular flexibility index (Phi) is 8.85. The number of unbranched alkanes of at least 4 members (excludes halogenated alkanes) is 1. The molecule has 180 valence electrons. The molecular weight excluding hydrogens is 448 g/mol. The number of carbonyl (C=O) groups excluding carboxylic acids is 1. The number of sulfonamides is 1. The van der Waals surface area contributed by atoms with Crippen molar-refractivity contribution in [2.75, 3.05) is 12.4 Å². The first-order valence-corrected chi connectivity index (χ1v) is 12.9. The summed E-state index contributed by atoms with van der Waals surface area (Å²) >= 11 is 0. The van der Waals surface area contributed by atoms with E-state index in [1.54, 1.807) is 13.0 Å². The van der Waals surface area contributed by atoms with Gasteiger partial charge in [-0.25, -0.2) is 8.42 Å². The van der Waals surface area contributed by atoms with Crippen molar-refractivity contribution in [1.29, 1.82) is 0 Å². The Balaban J connectivity index is 1.81. The van der Waals surface area contributed by atoms with Crippen molar-refractivity contribution in [2.24, 2.45) is 0 Å². The van der Waals surface area contributed by atoms with E-state index in [1.807, 2.05) is 54.6 Å². The van der Waals surface area contributed by atoms with Crippen molar-refractivity contribution in [3.8, 4) is 5.75 Å². The number of hydrogen-bond donors (Lipinski definition) is 2. The van der Waals surface area contributed by atoms with E-state index in [1.165, 1.54) is 24.8 Å². The summed E-state index contributed by atoms with van der Waals surface area (Å²) in [4.78, 5) is 13.3. The molecule has 0 aliphatic rings. The SMILES string of the molecule is CCCCc1ccc(NC(=O)[C@H](Cc2ccccc2)NS(=O)(=O)c2ccc(OC)c(C)c2)cc1. The third-order valence-corrected chi connectivity index (χ3v) is 7.08. The fourth-order valence-electron chi connectivity index (χ4n) is 3.68. The van der Waals surface area contributed by atoms with Gasteiger partial charge in [0.25, 0.3) is 0 Å². The van der Waals surface area contributed by atoms with Gasteiger partial charge in [0.2, 0.25) is 15.9 Å². The molecule has 3 rings (SSSR count). The maximum absolute atomic E-state index is 13.2. The van der Waals surface area contributed by atoms with Crippen LogP contribution < -0.4 is 14.8 Å². The monoisotopic (exact) mass is 480 g/mol. The van der Waals surface area contributed by atoms with Crippen LogP contribution in [0.2, 0.25) is 0 Å². The number of rotatable bonds is 11. The smallest absolute Gasteiger partial charge is 0.242 e. The van der Waals surface area contributed by atoms with Gasteiger partial charge < -0.3 is 10.1 Å². The number of ether oxygens (including phenoxy) is 1. The zero-order valence-electron chi connectivity index (χ0n) is 19.9. The van der Waals surface area contributed by atoms with E-state index in [-0.39, 0.29) is 11.3 Å². The van der Waals surface area contributed by atoms with E-state index >= 15 is 0 Å². The maximum Gasteiger partial charge on any atom is 0.242 e. The number of amides is 1. The molecule has 1 amide bonds. The maximum atomic E-state index is 13.2. The number of methoxy groups -OCH3 is 1. The zero-order chi connectivity index (χ0) is 24.6. The quantitative estimate of drug-likeness (QED) is 0.410. The van der Waals surface area contributed by atoms with E-state index in [9.17, 15) is 13.2 Å². The highest BCUT2D eigenvalue weighted by molar-refractivity contribution is 7.89. The van der Waals surface area contributed by atoms with E-state index in [0.717, 1.165) is 24.8 Å². The minimum atomic E-state index is -3.95. The molecule has 0 aliphatic heterocycles. The molecule has 0 fully saturated rings. The van der Waals surface area contributed by atoms with Gasteiger partial charge in [-0.3, -0.25) is 4.79 Å². The predicted octanol–water partition coefficient (Wildman–Crippen LogP) is 4.87. The molecule has 0 aliphatic carbocycles. The second-order valence-corrected chi connectivity index (χ2v) is 10.00. The standard InChI is InChI=1S/C27H32N2O4S/c1-4-5-9-21-12-14-23(15-13-21)28-27(30)25(19-22-10-7-6-8-11-22)29-34(31,32)24-16-17-26(33-3)20(2)18-24/h6-8,10-18,25,29H,4-5,9,19H2,1-3H3,(H,28,30)/t25-/m0/s1. The first kappa shape index (κ1) is 25.5. The van der Waals surface area contributed by atoms with E-state index in [2.05, 4.69) is 17.0 Å². The first-order valence-electron chi connectivity index (χ1n) is 11.4. The third-order valence-electron chi connectivity index (χ3n) is 5.61. The van der Waals surface area contributed by atoms with Crippen molar-refractivity contribution in [3.63, 3.8) is 0 Å². The average Bonchev–Trinajstić information content (AvgIpc) is 2.83. The van der Waals surface area contributed by atoms with Gasteiger partial charge in [0.1, 0.15) is 11.8 Å². The predicted molar refractivity (Wildman–Crippen MR) is 136 cm³/mol. The van der Waals surface area contributed by atoms with E-state index in [0.29, 0.717) is 17.0 Å². The first-order chi connectivity index (χ1) is 16.3. The second kappa shape index (κ2) is 11.8. The molecule has 2 N–H and O–H groups in total. The lowest BCUT2D eigenvalue weighted by atomic mass is 10.1. The summed E-state index contributed by atoms with van der Waals surface area (Å²) < 4.78 is 34.1. The van der Waals surface area contributed by atoms with Crippen LogP contribution in [0.3, 0.4) is 0 Å². The lowest BCUT2D eigenvalue weighted by molar-refractivity contribution is -0.117. The molecular formula is C27H32N2O4S. The molecule has 0 aromatic heterocycles. The summed E-state index contributed by atoms with van der Waals surface area (Å²) in [6.07, 6.45) is 3.43. The molecule has 0 bridgehead atoms. The molecule has 0 heterocycles. The lowest BCUT2D eigenvalue weighted by Crippen LogP contribution is -2.45. The van der Waals surface area contributed by atoms with E-state index in [4.69, 9.17) is 4.74 Å². The topological polar surface area (TPSA) is 84.5 Å². The minimum Gasteiger partial charge on any atom is -0.496 e. The summed E-state index contributed by atoms with van der Waals surface area (Å²) in [5.41, 5.74) is 3.38. The van der Waals surface area contributed by atoms with Crippen LogP contribution in [0, 0.1) is 6.92 Å². The highest BCUT2D eigenvalue weighted by Gasteiger charge is 2.26. The molecule has 0 saturated carbocycles. The van der Waals surface area contributed by atoms with Gasteiger partial charge in [0, 0.05) is 5.69 Å². The van der Waals surface area contributed by atoms with Gasteiger partial charge >= 0.3 is 0 Å². The van der Waals surface area contributed by atoms with Crippen molar-refractivity contribution < 1.29 is 17.9 Å². The fourth-order valence-corrected chi connectivity index (χ4v) is 4.96. The minimum absolute atomic E-state index is 0.0805. The summed E-state index contributed by atoms with van der Waals surface area (Å²) in [6.45, 7) is 3.92.